The van der Waals surface area contributed by atoms with E-state index in [1.807, 2.05) is 6.92 Å². The van der Waals surface area contributed by atoms with Crippen molar-refractivity contribution in [2.45, 2.75) is 13.3 Å². The highest BCUT2D eigenvalue weighted by molar-refractivity contribution is 6.08. The van der Waals surface area contributed by atoms with E-state index in [0.717, 1.165) is 5.56 Å². The minimum absolute atomic E-state index is 0.0137. The van der Waals surface area contributed by atoms with Gasteiger partial charge in [-0.15, -0.1) is 10.2 Å². The number of nitrogens with one attached hydrogen (secondary N) is 2. The summed E-state index contributed by atoms with van der Waals surface area (Å²) < 4.78 is 0. The fourth-order valence-electron chi connectivity index (χ4n) is 1.68. The summed E-state index contributed by atoms with van der Waals surface area (Å²) in [4.78, 5) is 23.1. The van der Waals surface area contributed by atoms with E-state index in [1.165, 1.54) is 12.1 Å². The highest BCUT2D eigenvalue weighted by atomic mass is 16.4. The van der Waals surface area contributed by atoms with Crippen LogP contribution in [0.5, 0.6) is 0 Å². The Balaban J connectivity index is 2.32. The number of nitrogens with zero attached hydrogens (tertiary/aromatic N) is 2. The summed E-state index contributed by atoms with van der Waals surface area (Å²) in [7, 11) is 0. The molecule has 1 amide bonds. The van der Waals surface area contributed by atoms with Gasteiger partial charge in [0.1, 0.15) is 0 Å². The van der Waals surface area contributed by atoms with Crippen LogP contribution >= 0.6 is 0 Å². The van der Waals surface area contributed by atoms with Crippen molar-refractivity contribution in [2.75, 3.05) is 11.1 Å². The third kappa shape index (κ3) is 2.58. The Kier molecular flexibility index (Phi) is 3.65. The lowest BCUT2D eigenvalue weighted by molar-refractivity contribution is 0.0698. The van der Waals surface area contributed by atoms with Crippen molar-refractivity contribution in [3.8, 4) is 0 Å². The number of anilines is 2. The van der Waals surface area contributed by atoms with Gasteiger partial charge in [0.15, 0.2) is 11.5 Å². The lowest BCUT2D eigenvalue weighted by atomic mass is 10.1. The van der Waals surface area contributed by atoms with Crippen molar-refractivity contribution in [1.29, 1.82) is 0 Å². The first kappa shape index (κ1) is 13.5. The molecule has 2 rings (SSSR count). The minimum atomic E-state index is -1.12. The molecule has 1 aromatic heterocycles. The lowest BCUT2D eigenvalue weighted by Gasteiger charge is -2.09. The number of aromatic amines is 1. The molecule has 8 heteroatoms. The number of rotatable bonds is 4. The molecule has 0 radical (unpaired) electrons. The highest BCUT2D eigenvalue weighted by Gasteiger charge is 2.18. The number of H-pyrrole nitrogens is 1. The van der Waals surface area contributed by atoms with Crippen LogP contribution in [0.1, 0.15) is 33.3 Å². The molecule has 1 aromatic carbocycles. The predicted molar refractivity (Wildman–Crippen MR) is 71.5 cm³/mol. The molecule has 5 N–H and O–H groups in total. The number of amides is 1. The van der Waals surface area contributed by atoms with Crippen molar-refractivity contribution in [3.05, 3.63) is 35.0 Å². The summed E-state index contributed by atoms with van der Waals surface area (Å²) >= 11 is 0. The molecule has 2 aromatic rings. The minimum Gasteiger partial charge on any atom is -0.478 e. The first-order chi connectivity index (χ1) is 9.52. The van der Waals surface area contributed by atoms with Crippen molar-refractivity contribution in [2.24, 2.45) is 0 Å². The van der Waals surface area contributed by atoms with Crippen LogP contribution in [-0.2, 0) is 6.42 Å². The molecule has 0 fully saturated rings. The summed E-state index contributed by atoms with van der Waals surface area (Å²) in [6.07, 6.45) is 0.699. The Morgan fingerprint density at radius 1 is 1.40 bits per heavy atom. The Morgan fingerprint density at radius 2 is 2.15 bits per heavy atom. The number of carbonyl (C=O) groups excluding carboxylic acids is 1. The summed E-state index contributed by atoms with van der Waals surface area (Å²) in [5.74, 6) is -1.80. The molecule has 0 aliphatic carbocycles. The number of aromatic carboxylic acids is 1. The number of aryl methyl sites for hydroxylation is 1. The van der Waals surface area contributed by atoms with Crippen LogP contribution in [0.4, 0.5) is 11.5 Å². The average Bonchev–Trinajstić information content (AvgIpc) is 2.85. The monoisotopic (exact) mass is 275 g/mol. The van der Waals surface area contributed by atoms with E-state index in [-0.39, 0.29) is 22.8 Å². The second-order valence-electron chi connectivity index (χ2n) is 4.05. The zero-order valence-corrected chi connectivity index (χ0v) is 10.7. The van der Waals surface area contributed by atoms with Crippen LogP contribution in [0.2, 0.25) is 0 Å². The number of hydrogen-bond acceptors (Lipinski definition) is 5. The van der Waals surface area contributed by atoms with E-state index in [1.54, 1.807) is 6.07 Å². The smallest absolute Gasteiger partial charge is 0.337 e. The van der Waals surface area contributed by atoms with Crippen molar-refractivity contribution in [1.82, 2.24) is 15.4 Å². The van der Waals surface area contributed by atoms with Gasteiger partial charge in [-0.05, 0) is 24.1 Å². The van der Waals surface area contributed by atoms with Gasteiger partial charge in [-0.1, -0.05) is 13.0 Å². The third-order valence-electron chi connectivity index (χ3n) is 2.76. The number of nitrogens with two attached hydrogens (primary N) is 1. The largest absolute Gasteiger partial charge is 0.478 e. The average molecular weight is 275 g/mol. The number of aromatic nitrogens is 3. The van der Waals surface area contributed by atoms with E-state index in [2.05, 4.69) is 20.7 Å². The number of carboxylic acid groups (broad SMARTS) is 1. The maximum absolute atomic E-state index is 11.9. The van der Waals surface area contributed by atoms with Gasteiger partial charge in [0.05, 0.1) is 11.3 Å². The second-order valence-corrected chi connectivity index (χ2v) is 4.05. The maximum atomic E-state index is 11.9. The van der Waals surface area contributed by atoms with Gasteiger partial charge in [0, 0.05) is 0 Å². The molecule has 8 nitrogen and oxygen atoms in total. The van der Waals surface area contributed by atoms with E-state index < -0.39 is 11.9 Å². The number of hydrogen-bond donors (Lipinski definition) is 4. The fraction of sp³-hybridized carbons (Fsp3) is 0.167. The number of nitrogen functional groups attached to an aromatic ring is 1. The zero-order valence-electron chi connectivity index (χ0n) is 10.7. The van der Waals surface area contributed by atoms with Gasteiger partial charge in [-0.3, -0.25) is 4.79 Å². The predicted octanol–water partition coefficient (Wildman–Crippen LogP) is 0.900. The fourth-order valence-corrected chi connectivity index (χ4v) is 1.68. The Hall–Kier alpha value is -2.90. The third-order valence-corrected chi connectivity index (χ3v) is 2.76. The Bertz CT molecular complexity index is 665. The van der Waals surface area contributed by atoms with E-state index in [9.17, 15) is 14.7 Å². The summed E-state index contributed by atoms with van der Waals surface area (Å²) in [5, 5.41) is 21.0. The first-order valence-electron chi connectivity index (χ1n) is 5.86. The highest BCUT2D eigenvalue weighted by Crippen LogP contribution is 2.19. The van der Waals surface area contributed by atoms with Crippen molar-refractivity contribution in [3.63, 3.8) is 0 Å². The van der Waals surface area contributed by atoms with Gasteiger partial charge in [0.2, 0.25) is 0 Å². The number of carboxylic acids is 1. The van der Waals surface area contributed by atoms with Crippen molar-refractivity contribution >= 4 is 23.4 Å². The molecule has 0 saturated carbocycles. The normalized spacial score (nSPS) is 10.2. The van der Waals surface area contributed by atoms with Gasteiger partial charge in [0.25, 0.3) is 5.91 Å². The standard InChI is InChI=1S/C12H13N5O3/c1-2-6-3-4-8(7(5-6)12(19)20)14-11(18)9-10(13)16-17-15-9/h3-5H,2H2,1H3,(H,14,18)(H,19,20)(H3,13,15,16,17). The molecule has 0 unspecified atom stereocenters. The number of carbonyl (C=O) groups is 2. The van der Waals surface area contributed by atoms with Gasteiger partial charge in [-0.25, -0.2) is 4.79 Å². The SMILES string of the molecule is CCc1ccc(NC(=O)c2n[nH]nc2N)c(C(=O)O)c1. The maximum Gasteiger partial charge on any atom is 0.337 e. The van der Waals surface area contributed by atoms with Crippen LogP contribution in [0.15, 0.2) is 18.2 Å². The molecule has 104 valence electrons. The molecular formula is C12H13N5O3. The van der Waals surface area contributed by atoms with Gasteiger partial charge in [-0.2, -0.15) is 5.21 Å². The van der Waals surface area contributed by atoms with Crippen LogP contribution in [0.3, 0.4) is 0 Å². The number of benzene rings is 1. The summed E-state index contributed by atoms with van der Waals surface area (Å²) in [6.45, 7) is 1.91. The summed E-state index contributed by atoms with van der Waals surface area (Å²) in [5.41, 5.74) is 6.43. The molecule has 0 aliphatic rings. The molecule has 0 saturated heterocycles. The van der Waals surface area contributed by atoms with Crippen LogP contribution in [0.25, 0.3) is 0 Å². The molecule has 1 heterocycles. The summed E-state index contributed by atoms with van der Waals surface area (Å²) in [6, 6.07) is 4.80. The molecule has 0 atom stereocenters. The molecule has 0 aliphatic heterocycles. The Morgan fingerprint density at radius 3 is 2.70 bits per heavy atom. The van der Waals surface area contributed by atoms with Gasteiger partial charge >= 0.3 is 5.97 Å². The molecule has 0 bridgehead atoms. The molecular weight excluding hydrogens is 262 g/mol. The van der Waals surface area contributed by atoms with Gasteiger partial charge < -0.3 is 16.2 Å². The van der Waals surface area contributed by atoms with E-state index in [0.29, 0.717) is 6.42 Å². The van der Waals surface area contributed by atoms with Crippen LogP contribution < -0.4 is 11.1 Å². The zero-order chi connectivity index (χ0) is 14.7. The van der Waals surface area contributed by atoms with Crippen LogP contribution in [0, 0.1) is 0 Å². The molecule has 20 heavy (non-hydrogen) atoms. The molecule has 0 spiro atoms. The van der Waals surface area contributed by atoms with E-state index >= 15 is 0 Å². The Labute approximate surface area is 114 Å². The topological polar surface area (TPSA) is 134 Å². The quantitative estimate of drug-likeness (QED) is 0.655. The lowest BCUT2D eigenvalue weighted by Crippen LogP contribution is -2.16. The van der Waals surface area contributed by atoms with Crippen LogP contribution in [-0.4, -0.2) is 32.4 Å². The van der Waals surface area contributed by atoms with E-state index in [4.69, 9.17) is 5.73 Å². The second kappa shape index (κ2) is 5.39. The van der Waals surface area contributed by atoms with Crippen molar-refractivity contribution < 1.29 is 14.7 Å². The first-order valence-corrected chi connectivity index (χ1v) is 5.86.